The Bertz CT molecular complexity index is 853. The first-order valence-corrected chi connectivity index (χ1v) is 9.20. The van der Waals surface area contributed by atoms with Gasteiger partial charge in [-0.2, -0.15) is 0 Å². The molecule has 7 nitrogen and oxygen atoms in total. The highest BCUT2D eigenvalue weighted by molar-refractivity contribution is 5.89. The quantitative estimate of drug-likeness (QED) is 0.906. The van der Waals surface area contributed by atoms with Crippen LogP contribution in [0.15, 0.2) is 36.7 Å². The fourth-order valence-electron chi connectivity index (χ4n) is 3.46. The highest BCUT2D eigenvalue weighted by Gasteiger charge is 2.24. The molecule has 4 rings (SSSR count). The van der Waals surface area contributed by atoms with Gasteiger partial charge in [-0.25, -0.2) is 14.8 Å². The third kappa shape index (κ3) is 3.58. The summed E-state index contributed by atoms with van der Waals surface area (Å²) in [5.74, 6) is 0.980. The first kappa shape index (κ1) is 17.3. The number of aromatic nitrogens is 2. The van der Waals surface area contributed by atoms with Crippen molar-refractivity contribution in [3.63, 3.8) is 0 Å². The lowest BCUT2D eigenvalue weighted by molar-refractivity contribution is 0.208. The number of allylic oxidation sites excluding steroid dienone is 1. The number of nitrogens with zero attached hydrogens (tertiary/aromatic N) is 5. The molecule has 2 amide bonds. The highest BCUT2D eigenvalue weighted by atomic mass is 16.2. The summed E-state index contributed by atoms with van der Waals surface area (Å²) in [5, 5.41) is 2.99. The Kier molecular flexibility index (Phi) is 4.66. The van der Waals surface area contributed by atoms with E-state index in [2.05, 4.69) is 32.3 Å². The molecule has 27 heavy (non-hydrogen) atoms. The molecule has 0 radical (unpaired) electrons. The molecule has 2 aliphatic rings. The molecule has 0 saturated carbocycles. The molecule has 1 aromatic carbocycles. The van der Waals surface area contributed by atoms with E-state index in [4.69, 9.17) is 0 Å². The molecule has 1 N–H and O–H groups in total. The van der Waals surface area contributed by atoms with Gasteiger partial charge in [-0.1, -0.05) is 12.2 Å². The number of fused-ring (bicyclic) bond motifs is 1. The summed E-state index contributed by atoms with van der Waals surface area (Å²) in [6.07, 6.45) is 6.73. The van der Waals surface area contributed by atoms with Crippen LogP contribution in [0, 0.1) is 0 Å². The first-order valence-electron chi connectivity index (χ1n) is 9.20. The van der Waals surface area contributed by atoms with Crippen LogP contribution in [0.1, 0.15) is 11.3 Å². The SMILES string of the molecule is CN(C)c1ccc(NC(=O)N2CCN(c3ncnc4c3C=CC4)CC2)cc1. The molecule has 2 heterocycles. The van der Waals surface area contributed by atoms with Gasteiger partial charge in [0.1, 0.15) is 12.1 Å². The van der Waals surface area contributed by atoms with Gasteiger partial charge in [0.2, 0.25) is 0 Å². The van der Waals surface area contributed by atoms with Gasteiger partial charge in [0.15, 0.2) is 0 Å². The van der Waals surface area contributed by atoms with Crippen LogP contribution in [0.4, 0.5) is 22.0 Å². The Morgan fingerprint density at radius 3 is 2.52 bits per heavy atom. The monoisotopic (exact) mass is 364 g/mol. The first-order chi connectivity index (χ1) is 13.1. The van der Waals surface area contributed by atoms with Crippen LogP contribution >= 0.6 is 0 Å². The minimum Gasteiger partial charge on any atom is -0.378 e. The van der Waals surface area contributed by atoms with Crippen LogP contribution in [-0.2, 0) is 6.42 Å². The summed E-state index contributed by atoms with van der Waals surface area (Å²) in [6.45, 7) is 2.88. The van der Waals surface area contributed by atoms with Crippen molar-refractivity contribution in [2.45, 2.75) is 6.42 Å². The molecule has 7 heteroatoms. The van der Waals surface area contributed by atoms with Crippen molar-refractivity contribution in [1.29, 1.82) is 0 Å². The van der Waals surface area contributed by atoms with Crippen molar-refractivity contribution in [3.8, 4) is 0 Å². The predicted molar refractivity (Wildman–Crippen MR) is 108 cm³/mol. The van der Waals surface area contributed by atoms with Crippen LogP contribution in [0.25, 0.3) is 6.08 Å². The molecular weight excluding hydrogens is 340 g/mol. The second kappa shape index (κ2) is 7.26. The molecule has 0 atom stereocenters. The lowest BCUT2D eigenvalue weighted by Gasteiger charge is -2.36. The van der Waals surface area contributed by atoms with Crippen LogP contribution < -0.4 is 15.1 Å². The standard InChI is InChI=1S/C20H24N6O/c1-24(2)16-8-6-15(7-9-16)23-20(27)26-12-10-25(11-13-26)19-17-4-3-5-18(17)21-14-22-19/h3-4,6-9,14H,5,10-13H2,1-2H3,(H,23,27). The zero-order chi connectivity index (χ0) is 18.8. The summed E-state index contributed by atoms with van der Waals surface area (Å²) in [5.41, 5.74) is 4.12. The number of carbonyl (C=O) groups excluding carboxylic acids is 1. The minimum atomic E-state index is -0.0555. The van der Waals surface area contributed by atoms with Crippen molar-refractivity contribution >= 4 is 29.3 Å². The maximum atomic E-state index is 12.6. The predicted octanol–water partition coefficient (Wildman–Crippen LogP) is 2.47. The molecule has 1 aliphatic carbocycles. The van der Waals surface area contributed by atoms with Crippen LogP contribution in [0.5, 0.6) is 0 Å². The second-order valence-corrected chi connectivity index (χ2v) is 7.01. The van der Waals surface area contributed by atoms with E-state index in [1.54, 1.807) is 6.33 Å². The van der Waals surface area contributed by atoms with Gasteiger partial charge in [-0.15, -0.1) is 0 Å². The number of piperazine rings is 1. The molecule has 1 fully saturated rings. The summed E-state index contributed by atoms with van der Waals surface area (Å²) in [6, 6.07) is 7.80. The van der Waals surface area contributed by atoms with Crippen molar-refractivity contribution in [3.05, 3.63) is 47.9 Å². The van der Waals surface area contributed by atoms with E-state index >= 15 is 0 Å². The van der Waals surface area contributed by atoms with Gasteiger partial charge in [0, 0.05) is 63.6 Å². The lowest BCUT2D eigenvalue weighted by Crippen LogP contribution is -2.50. The average Bonchev–Trinajstić information content (AvgIpc) is 3.17. The van der Waals surface area contributed by atoms with Crippen molar-refractivity contribution in [2.75, 3.05) is 55.4 Å². The number of benzene rings is 1. The number of hydrogen-bond acceptors (Lipinski definition) is 5. The van der Waals surface area contributed by atoms with E-state index in [9.17, 15) is 4.79 Å². The second-order valence-electron chi connectivity index (χ2n) is 7.01. The van der Waals surface area contributed by atoms with E-state index in [0.29, 0.717) is 13.1 Å². The third-order valence-corrected chi connectivity index (χ3v) is 5.04. The van der Waals surface area contributed by atoms with Gasteiger partial charge < -0.3 is 20.0 Å². The van der Waals surface area contributed by atoms with Gasteiger partial charge >= 0.3 is 6.03 Å². The van der Waals surface area contributed by atoms with Gasteiger partial charge in [0.25, 0.3) is 0 Å². The van der Waals surface area contributed by atoms with E-state index in [1.165, 1.54) is 0 Å². The summed E-state index contributed by atoms with van der Waals surface area (Å²) in [4.78, 5) is 27.5. The van der Waals surface area contributed by atoms with Crippen molar-refractivity contribution in [2.24, 2.45) is 0 Å². The summed E-state index contributed by atoms with van der Waals surface area (Å²) < 4.78 is 0. The average molecular weight is 364 g/mol. The largest absolute Gasteiger partial charge is 0.378 e. The van der Waals surface area contributed by atoms with E-state index in [-0.39, 0.29) is 6.03 Å². The lowest BCUT2D eigenvalue weighted by atomic mass is 10.2. The number of hydrogen-bond donors (Lipinski definition) is 1. The zero-order valence-electron chi connectivity index (χ0n) is 15.7. The van der Waals surface area contributed by atoms with Gasteiger partial charge in [-0.3, -0.25) is 0 Å². The summed E-state index contributed by atoms with van der Waals surface area (Å²) >= 11 is 0. The third-order valence-electron chi connectivity index (χ3n) is 5.04. The Morgan fingerprint density at radius 1 is 1.07 bits per heavy atom. The molecule has 0 spiro atoms. The Balaban J connectivity index is 1.36. The molecule has 2 aromatic rings. The number of carbonyl (C=O) groups is 1. The Labute approximate surface area is 159 Å². The van der Waals surface area contributed by atoms with Gasteiger partial charge in [-0.05, 0) is 24.3 Å². The highest BCUT2D eigenvalue weighted by Crippen LogP contribution is 2.27. The molecule has 1 saturated heterocycles. The fourth-order valence-corrected chi connectivity index (χ4v) is 3.46. The number of nitrogens with one attached hydrogen (secondary N) is 1. The smallest absolute Gasteiger partial charge is 0.321 e. The number of urea groups is 1. The van der Waals surface area contributed by atoms with Crippen LogP contribution in [0.2, 0.25) is 0 Å². The van der Waals surface area contributed by atoms with Crippen molar-refractivity contribution in [1.82, 2.24) is 14.9 Å². The van der Waals surface area contributed by atoms with Gasteiger partial charge in [0.05, 0.1) is 5.69 Å². The van der Waals surface area contributed by atoms with E-state index in [1.807, 2.05) is 48.2 Å². The van der Waals surface area contributed by atoms with Crippen LogP contribution in [0.3, 0.4) is 0 Å². The fraction of sp³-hybridized carbons (Fsp3) is 0.350. The number of rotatable bonds is 3. The topological polar surface area (TPSA) is 64.6 Å². The number of amides is 2. The van der Waals surface area contributed by atoms with Crippen LogP contribution in [-0.4, -0.2) is 61.2 Å². The van der Waals surface area contributed by atoms with E-state index in [0.717, 1.165) is 48.0 Å². The minimum absolute atomic E-state index is 0.0555. The maximum absolute atomic E-state index is 12.6. The Morgan fingerprint density at radius 2 is 1.81 bits per heavy atom. The molecule has 140 valence electrons. The zero-order valence-corrected chi connectivity index (χ0v) is 15.7. The maximum Gasteiger partial charge on any atom is 0.321 e. The molecule has 0 bridgehead atoms. The Hall–Kier alpha value is -3.09. The molecule has 0 unspecified atom stereocenters. The summed E-state index contributed by atoms with van der Waals surface area (Å²) in [7, 11) is 3.99. The van der Waals surface area contributed by atoms with E-state index < -0.39 is 0 Å². The molecule has 1 aromatic heterocycles. The molecule has 1 aliphatic heterocycles. The number of anilines is 3. The molecular formula is C20H24N6O. The van der Waals surface area contributed by atoms with Crippen molar-refractivity contribution < 1.29 is 4.79 Å². The normalized spacial score (nSPS) is 15.6.